The molecule has 10 atom stereocenters. The molecule has 19 heteroatoms. The van der Waals surface area contributed by atoms with Crippen LogP contribution in [0.5, 0.6) is 0 Å². The number of epoxide rings is 1. The fourth-order valence-electron chi connectivity index (χ4n) is 6.93. The number of esters is 2. The number of aliphatic hydroxyl groups is 4. The number of hydrogen-bond acceptors (Lipinski definition) is 14. The Kier molecular flexibility index (Phi) is 32.5. The molecule has 1 saturated carbocycles. The smallest absolute Gasteiger partial charge is 0.462 e. The highest BCUT2D eigenvalue weighted by molar-refractivity contribution is 7.47. The van der Waals surface area contributed by atoms with Crippen LogP contribution in [0.3, 0.4) is 0 Å². The van der Waals surface area contributed by atoms with Gasteiger partial charge in [0.2, 0.25) is 0 Å². The van der Waals surface area contributed by atoms with Crippen LogP contribution in [-0.4, -0.2) is 115 Å². The molecule has 0 amide bonds. The molecular formula is C49H80O17P2. The van der Waals surface area contributed by atoms with Crippen LogP contribution < -0.4 is 0 Å². The van der Waals surface area contributed by atoms with Crippen molar-refractivity contribution < 1.29 is 81.6 Å². The number of carbonyl (C=O) groups excluding carboxylic acids is 2. The summed E-state index contributed by atoms with van der Waals surface area (Å²) in [6.07, 6.45) is 31.5. The van der Waals surface area contributed by atoms with Gasteiger partial charge in [-0.15, -0.1) is 0 Å². The van der Waals surface area contributed by atoms with E-state index < -0.39 is 83.5 Å². The van der Waals surface area contributed by atoms with Gasteiger partial charge < -0.3 is 49.3 Å². The minimum absolute atomic E-state index is 0.0231. The minimum Gasteiger partial charge on any atom is -0.462 e. The van der Waals surface area contributed by atoms with Crippen molar-refractivity contribution >= 4 is 27.6 Å². The molecule has 1 saturated heterocycles. The van der Waals surface area contributed by atoms with Gasteiger partial charge >= 0.3 is 27.6 Å². The van der Waals surface area contributed by atoms with E-state index in [9.17, 15) is 53.8 Å². The zero-order valence-electron chi connectivity index (χ0n) is 39.9. The predicted octanol–water partition coefficient (Wildman–Crippen LogP) is 8.38. The fourth-order valence-corrected chi connectivity index (χ4v) is 8.47. The van der Waals surface area contributed by atoms with E-state index in [1.54, 1.807) is 0 Å². The van der Waals surface area contributed by atoms with Crippen LogP contribution in [0.25, 0.3) is 0 Å². The third kappa shape index (κ3) is 29.4. The summed E-state index contributed by atoms with van der Waals surface area (Å²) in [5, 5.41) is 41.3. The van der Waals surface area contributed by atoms with E-state index in [1.165, 1.54) is 38.5 Å². The van der Waals surface area contributed by atoms with Gasteiger partial charge in [0.15, 0.2) is 6.10 Å². The SMILES string of the molecule is CCCCC/C=C\C/C=C\C/C=C\C/C=C\CCCC(=O)O[C@H](COC(=O)CCC/C=C\C/C=C\CC1OC1C/C=C\CCCCC)COP(=O)(O)O[C@H]1C(O)C(O)C(O)[C@@H](OP(=O)(O)O)C1O. The maximum Gasteiger partial charge on any atom is 0.472 e. The maximum absolute atomic E-state index is 13.0. The molecule has 1 aliphatic heterocycles. The van der Waals surface area contributed by atoms with E-state index in [-0.39, 0.29) is 18.9 Å². The molecule has 68 heavy (non-hydrogen) atoms. The molecule has 0 radical (unpaired) electrons. The third-order valence-corrected chi connectivity index (χ3v) is 12.3. The molecule has 388 valence electrons. The van der Waals surface area contributed by atoms with E-state index in [0.29, 0.717) is 31.8 Å². The fraction of sp³-hybridized carbons (Fsp3) is 0.673. The van der Waals surface area contributed by atoms with Gasteiger partial charge in [-0.1, -0.05) is 125 Å². The summed E-state index contributed by atoms with van der Waals surface area (Å²) in [6.45, 7) is 2.94. The lowest BCUT2D eigenvalue weighted by Gasteiger charge is -2.43. The molecule has 0 aromatic carbocycles. The molecule has 2 aliphatic rings. The number of ether oxygens (including phenoxy) is 3. The number of carbonyl (C=O) groups is 2. The molecule has 1 heterocycles. The second-order valence-electron chi connectivity index (χ2n) is 16.9. The van der Waals surface area contributed by atoms with Crippen molar-refractivity contribution in [2.45, 2.75) is 197 Å². The lowest BCUT2D eigenvalue weighted by atomic mass is 9.85. The molecule has 0 bridgehead atoms. The highest BCUT2D eigenvalue weighted by atomic mass is 31.2. The minimum atomic E-state index is -5.38. The van der Waals surface area contributed by atoms with Gasteiger partial charge in [0.05, 0.1) is 18.8 Å². The molecule has 2 rings (SSSR count). The molecule has 0 spiro atoms. The van der Waals surface area contributed by atoms with Crippen LogP contribution in [0.15, 0.2) is 85.1 Å². The second kappa shape index (κ2) is 36.1. The number of aliphatic hydroxyl groups excluding tert-OH is 4. The van der Waals surface area contributed by atoms with Gasteiger partial charge in [0.25, 0.3) is 0 Å². The van der Waals surface area contributed by atoms with Crippen LogP contribution in [0.1, 0.15) is 142 Å². The Bertz CT molecular complexity index is 1700. The first-order valence-corrected chi connectivity index (χ1v) is 27.3. The number of hydrogen-bond donors (Lipinski definition) is 7. The van der Waals surface area contributed by atoms with E-state index in [0.717, 1.165) is 51.4 Å². The summed E-state index contributed by atoms with van der Waals surface area (Å²) in [5.74, 6) is -1.35. The zero-order chi connectivity index (χ0) is 50.0. The summed E-state index contributed by atoms with van der Waals surface area (Å²) < 4.78 is 55.0. The van der Waals surface area contributed by atoms with Crippen LogP contribution in [-0.2, 0) is 46.5 Å². The maximum atomic E-state index is 13.0. The van der Waals surface area contributed by atoms with Crippen LogP contribution in [0, 0.1) is 0 Å². The standard InChI is InChI=1S/C49H80O17P2/c1-3-5-7-9-11-12-13-14-15-16-17-18-19-20-23-28-32-36-43(51)63-39(38-62-68(59,60)66-49-46(54)44(52)45(53)48(47(49)55)65-67(56,57)58)37-61-42(50)35-31-27-24-21-22-26-30-34-41-40(64-41)33-29-25-10-8-6-4-2/h11-12,14-15,17-18,20-21,23-26,29-30,39-41,44-49,52-55H,3-10,13,16,19,22,27-28,31-38H2,1-2H3,(H,59,60)(H2,56,57,58)/b12-11-,15-14-,18-17-,23-20-,24-21-,29-25-,30-26-/t39-,40?,41?,44?,45?,46?,47?,48-,49+/m1/s1. The van der Waals surface area contributed by atoms with E-state index in [1.807, 2.05) is 30.4 Å². The van der Waals surface area contributed by atoms with Gasteiger partial charge in [-0.25, -0.2) is 9.13 Å². The molecule has 0 aromatic rings. The van der Waals surface area contributed by atoms with Gasteiger partial charge in [-0.3, -0.25) is 23.2 Å². The first-order valence-electron chi connectivity index (χ1n) is 24.3. The lowest BCUT2D eigenvalue weighted by molar-refractivity contribution is -0.216. The van der Waals surface area contributed by atoms with E-state index in [2.05, 4.69) is 73.1 Å². The van der Waals surface area contributed by atoms with Gasteiger partial charge in [-0.05, 0) is 89.9 Å². The summed E-state index contributed by atoms with van der Waals surface area (Å²) in [7, 11) is -10.7. The Hall–Kier alpha value is -2.86. The summed E-state index contributed by atoms with van der Waals surface area (Å²) in [5.41, 5.74) is 0. The second-order valence-corrected chi connectivity index (χ2v) is 19.5. The lowest BCUT2D eigenvalue weighted by Crippen LogP contribution is -2.64. The molecule has 1 aliphatic carbocycles. The number of unbranched alkanes of at least 4 members (excludes halogenated alkanes) is 8. The van der Waals surface area contributed by atoms with Crippen molar-refractivity contribution in [3.05, 3.63) is 85.1 Å². The Morgan fingerprint density at radius 1 is 0.529 bits per heavy atom. The van der Waals surface area contributed by atoms with Gasteiger partial charge in [0.1, 0.15) is 43.2 Å². The van der Waals surface area contributed by atoms with Crippen molar-refractivity contribution in [3.8, 4) is 0 Å². The van der Waals surface area contributed by atoms with Crippen molar-refractivity contribution in [3.63, 3.8) is 0 Å². The number of phosphoric ester groups is 2. The Labute approximate surface area is 403 Å². The summed E-state index contributed by atoms with van der Waals surface area (Å²) in [4.78, 5) is 54.3. The average molecular weight is 1000 g/mol. The highest BCUT2D eigenvalue weighted by Gasteiger charge is 2.54. The Morgan fingerprint density at radius 2 is 0.956 bits per heavy atom. The topological polar surface area (TPSA) is 269 Å². The first kappa shape index (κ1) is 61.3. The third-order valence-electron chi connectivity index (χ3n) is 10.8. The Balaban J connectivity index is 1.84. The zero-order valence-corrected chi connectivity index (χ0v) is 41.7. The van der Waals surface area contributed by atoms with Crippen molar-refractivity contribution in [1.29, 1.82) is 0 Å². The number of allylic oxidation sites excluding steroid dienone is 12. The molecular weight excluding hydrogens is 922 g/mol. The van der Waals surface area contributed by atoms with Crippen LogP contribution >= 0.6 is 15.6 Å². The normalized spacial score (nSPS) is 25.0. The molecule has 17 nitrogen and oxygen atoms in total. The molecule has 2 fully saturated rings. The predicted molar refractivity (Wildman–Crippen MR) is 259 cm³/mol. The number of phosphoric acid groups is 2. The van der Waals surface area contributed by atoms with Gasteiger partial charge in [0, 0.05) is 12.8 Å². The van der Waals surface area contributed by atoms with Crippen molar-refractivity contribution in [1.82, 2.24) is 0 Å². The first-order chi connectivity index (χ1) is 32.6. The van der Waals surface area contributed by atoms with Crippen molar-refractivity contribution in [2.75, 3.05) is 13.2 Å². The summed E-state index contributed by atoms with van der Waals surface area (Å²) in [6, 6.07) is 0. The van der Waals surface area contributed by atoms with E-state index >= 15 is 0 Å². The monoisotopic (exact) mass is 1000 g/mol. The van der Waals surface area contributed by atoms with Crippen LogP contribution in [0.2, 0.25) is 0 Å². The molecule has 7 unspecified atom stereocenters. The van der Waals surface area contributed by atoms with Crippen LogP contribution in [0.4, 0.5) is 0 Å². The molecule has 0 aromatic heterocycles. The Morgan fingerprint density at radius 3 is 1.46 bits per heavy atom. The number of rotatable bonds is 38. The highest BCUT2D eigenvalue weighted by Crippen LogP contribution is 2.49. The quantitative estimate of drug-likeness (QED) is 0.0101. The van der Waals surface area contributed by atoms with Crippen molar-refractivity contribution in [2.24, 2.45) is 0 Å². The summed E-state index contributed by atoms with van der Waals surface area (Å²) >= 11 is 0. The average Bonchev–Trinajstić information content (AvgIpc) is 4.05. The van der Waals surface area contributed by atoms with E-state index in [4.69, 9.17) is 23.3 Å². The largest absolute Gasteiger partial charge is 0.472 e. The van der Waals surface area contributed by atoms with Gasteiger partial charge in [-0.2, -0.15) is 0 Å². The molecule has 7 N–H and O–H groups in total.